The van der Waals surface area contributed by atoms with Crippen molar-refractivity contribution < 1.29 is 4.79 Å². The molecule has 0 atom stereocenters. The average molecular weight is 276 g/mol. The number of aryl methyl sites for hydroxylation is 1. The highest BCUT2D eigenvalue weighted by Gasteiger charge is 2.00. The largest absolute Gasteiger partial charge is 0.325 e. The molecule has 64 valence electrons. The number of hydrogen-bond acceptors (Lipinski definition) is 2. The van der Waals surface area contributed by atoms with E-state index in [4.69, 9.17) is 0 Å². The third-order valence-corrected chi connectivity index (χ3v) is 1.98. The van der Waals surface area contributed by atoms with E-state index in [0.717, 1.165) is 15.0 Å². The first-order chi connectivity index (χ1) is 5.59. The van der Waals surface area contributed by atoms with Crippen molar-refractivity contribution >= 4 is 34.2 Å². The van der Waals surface area contributed by atoms with E-state index in [1.54, 1.807) is 6.20 Å². The molecule has 0 aromatic carbocycles. The number of hydrogen-bond donors (Lipinski definition) is 1. The number of carbonyl (C=O) groups excluding carboxylic acids is 1. The van der Waals surface area contributed by atoms with Crippen LogP contribution in [-0.2, 0) is 4.79 Å². The molecule has 0 fully saturated rings. The van der Waals surface area contributed by atoms with Gasteiger partial charge in [0.1, 0.15) is 3.70 Å². The Hall–Kier alpha value is -0.650. The van der Waals surface area contributed by atoms with E-state index in [1.165, 1.54) is 6.92 Å². The summed E-state index contributed by atoms with van der Waals surface area (Å²) in [5, 5.41) is 2.70. The molecule has 0 unspecified atom stereocenters. The van der Waals surface area contributed by atoms with Crippen LogP contribution in [0.5, 0.6) is 0 Å². The van der Waals surface area contributed by atoms with Gasteiger partial charge in [-0.1, -0.05) is 0 Å². The average Bonchev–Trinajstić information content (AvgIpc) is 1.94. The molecule has 3 nitrogen and oxygen atoms in total. The number of rotatable bonds is 1. The monoisotopic (exact) mass is 276 g/mol. The van der Waals surface area contributed by atoms with E-state index in [9.17, 15) is 4.79 Å². The summed E-state index contributed by atoms with van der Waals surface area (Å²) in [4.78, 5) is 14.8. The predicted molar refractivity (Wildman–Crippen MR) is 56.0 cm³/mol. The normalized spacial score (nSPS) is 9.58. The van der Waals surface area contributed by atoms with E-state index < -0.39 is 0 Å². The Labute approximate surface area is 84.7 Å². The van der Waals surface area contributed by atoms with Gasteiger partial charge in [0, 0.05) is 6.92 Å². The second-order valence-corrected chi connectivity index (χ2v) is 3.61. The van der Waals surface area contributed by atoms with Gasteiger partial charge in [-0.3, -0.25) is 4.79 Å². The molecule has 0 saturated heterocycles. The molecule has 1 aromatic rings. The summed E-state index contributed by atoms with van der Waals surface area (Å²) in [7, 11) is 0. The summed E-state index contributed by atoms with van der Waals surface area (Å²) < 4.78 is 0.930. The molecule has 0 radical (unpaired) electrons. The molecule has 1 amide bonds. The van der Waals surface area contributed by atoms with Gasteiger partial charge >= 0.3 is 0 Å². The Morgan fingerprint density at radius 2 is 2.33 bits per heavy atom. The minimum absolute atomic E-state index is 0.0684. The highest BCUT2D eigenvalue weighted by atomic mass is 127. The zero-order chi connectivity index (χ0) is 9.14. The standard InChI is InChI=1S/C8H9IN2O/c1-5-3-8(9)10-4-7(5)11-6(2)12/h3-4H,1-2H3,(H,11,12). The van der Waals surface area contributed by atoms with E-state index >= 15 is 0 Å². The number of nitrogens with zero attached hydrogens (tertiary/aromatic N) is 1. The van der Waals surface area contributed by atoms with Crippen LogP contribution in [0.1, 0.15) is 12.5 Å². The minimum atomic E-state index is -0.0684. The summed E-state index contributed by atoms with van der Waals surface area (Å²) in [6.07, 6.45) is 1.67. The van der Waals surface area contributed by atoms with Gasteiger partial charge in [0.25, 0.3) is 0 Å². The SMILES string of the molecule is CC(=O)Nc1cnc(I)cc1C. The molecule has 1 aromatic heterocycles. The van der Waals surface area contributed by atoms with Gasteiger partial charge in [0.05, 0.1) is 11.9 Å². The van der Waals surface area contributed by atoms with Crippen molar-refractivity contribution in [2.24, 2.45) is 0 Å². The van der Waals surface area contributed by atoms with Crippen molar-refractivity contribution in [3.8, 4) is 0 Å². The first kappa shape index (κ1) is 9.44. The fourth-order valence-corrected chi connectivity index (χ4v) is 1.45. The van der Waals surface area contributed by atoms with E-state index in [-0.39, 0.29) is 5.91 Å². The van der Waals surface area contributed by atoms with Gasteiger partial charge in [-0.25, -0.2) is 4.98 Å². The number of carbonyl (C=O) groups is 1. The molecule has 1 rings (SSSR count). The number of halogens is 1. The first-order valence-corrected chi connectivity index (χ1v) is 4.57. The smallest absolute Gasteiger partial charge is 0.221 e. The van der Waals surface area contributed by atoms with Crippen LogP contribution >= 0.6 is 22.6 Å². The molecule has 0 aliphatic rings. The Morgan fingerprint density at radius 1 is 1.67 bits per heavy atom. The number of anilines is 1. The molecule has 1 heterocycles. The van der Waals surface area contributed by atoms with Gasteiger partial charge in [-0.05, 0) is 41.1 Å². The topological polar surface area (TPSA) is 42.0 Å². The lowest BCUT2D eigenvalue weighted by Crippen LogP contribution is -2.07. The van der Waals surface area contributed by atoms with Crippen LogP contribution in [-0.4, -0.2) is 10.9 Å². The van der Waals surface area contributed by atoms with Gasteiger partial charge in [0.15, 0.2) is 0 Å². The molecule has 0 bridgehead atoms. The number of pyridine rings is 1. The maximum atomic E-state index is 10.7. The van der Waals surface area contributed by atoms with Gasteiger partial charge < -0.3 is 5.32 Å². The van der Waals surface area contributed by atoms with Gasteiger partial charge in [0.2, 0.25) is 5.91 Å². The fourth-order valence-electron chi connectivity index (χ4n) is 0.842. The van der Waals surface area contributed by atoms with Crippen molar-refractivity contribution in [1.82, 2.24) is 4.98 Å². The van der Waals surface area contributed by atoms with Crippen LogP contribution in [0.15, 0.2) is 12.3 Å². The Morgan fingerprint density at radius 3 is 2.83 bits per heavy atom. The Kier molecular flexibility index (Phi) is 3.02. The summed E-state index contributed by atoms with van der Waals surface area (Å²) in [5.74, 6) is -0.0684. The van der Waals surface area contributed by atoms with E-state index in [1.807, 2.05) is 13.0 Å². The van der Waals surface area contributed by atoms with Crippen LogP contribution in [0.3, 0.4) is 0 Å². The lowest BCUT2D eigenvalue weighted by Gasteiger charge is -2.04. The lowest BCUT2D eigenvalue weighted by molar-refractivity contribution is -0.114. The van der Waals surface area contributed by atoms with Crippen LogP contribution in [0.25, 0.3) is 0 Å². The van der Waals surface area contributed by atoms with Crippen molar-refractivity contribution in [2.45, 2.75) is 13.8 Å². The fraction of sp³-hybridized carbons (Fsp3) is 0.250. The van der Waals surface area contributed by atoms with Crippen molar-refractivity contribution in [1.29, 1.82) is 0 Å². The molecule has 0 aliphatic heterocycles. The molecular formula is C8H9IN2O. The maximum absolute atomic E-state index is 10.7. The molecule has 4 heteroatoms. The number of aromatic nitrogens is 1. The third-order valence-electron chi connectivity index (χ3n) is 1.39. The highest BCUT2D eigenvalue weighted by Crippen LogP contribution is 2.14. The van der Waals surface area contributed by atoms with Crippen LogP contribution in [0.2, 0.25) is 0 Å². The number of nitrogens with one attached hydrogen (secondary N) is 1. The summed E-state index contributed by atoms with van der Waals surface area (Å²) in [6.45, 7) is 3.42. The molecule has 0 saturated carbocycles. The molecular weight excluding hydrogens is 267 g/mol. The molecule has 0 aliphatic carbocycles. The van der Waals surface area contributed by atoms with E-state index in [0.29, 0.717) is 0 Å². The quantitative estimate of drug-likeness (QED) is 0.629. The Balaban J connectivity index is 2.93. The van der Waals surface area contributed by atoms with Gasteiger partial charge in [-0.15, -0.1) is 0 Å². The third kappa shape index (κ3) is 2.44. The van der Waals surface area contributed by atoms with Crippen molar-refractivity contribution in [3.05, 3.63) is 21.5 Å². The van der Waals surface area contributed by atoms with Crippen LogP contribution in [0, 0.1) is 10.6 Å². The minimum Gasteiger partial charge on any atom is -0.325 e. The predicted octanol–water partition coefficient (Wildman–Crippen LogP) is 1.95. The molecule has 0 spiro atoms. The lowest BCUT2D eigenvalue weighted by atomic mass is 10.2. The summed E-state index contributed by atoms with van der Waals surface area (Å²) in [6, 6.07) is 1.92. The molecule has 1 N–H and O–H groups in total. The Bertz CT molecular complexity index is 312. The summed E-state index contributed by atoms with van der Waals surface area (Å²) in [5.41, 5.74) is 1.81. The van der Waals surface area contributed by atoms with Crippen molar-refractivity contribution in [2.75, 3.05) is 5.32 Å². The number of amides is 1. The van der Waals surface area contributed by atoms with Crippen molar-refractivity contribution in [3.63, 3.8) is 0 Å². The second-order valence-electron chi connectivity index (χ2n) is 2.50. The zero-order valence-corrected chi connectivity index (χ0v) is 9.05. The summed E-state index contributed by atoms with van der Waals surface area (Å²) >= 11 is 2.13. The van der Waals surface area contributed by atoms with Crippen LogP contribution in [0.4, 0.5) is 5.69 Å². The van der Waals surface area contributed by atoms with E-state index in [2.05, 4.69) is 32.9 Å². The maximum Gasteiger partial charge on any atom is 0.221 e. The highest BCUT2D eigenvalue weighted by molar-refractivity contribution is 14.1. The van der Waals surface area contributed by atoms with Crippen LogP contribution < -0.4 is 5.32 Å². The second kappa shape index (κ2) is 3.84. The van der Waals surface area contributed by atoms with Gasteiger partial charge in [-0.2, -0.15) is 0 Å². The zero-order valence-electron chi connectivity index (χ0n) is 6.89. The first-order valence-electron chi connectivity index (χ1n) is 3.49. The molecule has 12 heavy (non-hydrogen) atoms.